The fourth-order valence-electron chi connectivity index (χ4n) is 3.18. The molecule has 1 N–H and O–H groups in total. The van der Waals surface area contributed by atoms with E-state index >= 15 is 0 Å². The van der Waals surface area contributed by atoms with Crippen molar-refractivity contribution in [3.05, 3.63) is 34.6 Å². The number of hydrogen-bond acceptors (Lipinski definition) is 1. The fraction of sp³-hybridized carbons (Fsp3) is 0.625. The smallest absolute Gasteiger partial charge is 0.127 e. The van der Waals surface area contributed by atoms with Gasteiger partial charge in [-0.05, 0) is 44.4 Å². The third kappa shape index (κ3) is 3.70. The van der Waals surface area contributed by atoms with Gasteiger partial charge in [0.25, 0.3) is 0 Å². The second-order valence-corrected chi connectivity index (χ2v) is 6.05. The summed E-state index contributed by atoms with van der Waals surface area (Å²) in [6, 6.07) is 4.97. The van der Waals surface area contributed by atoms with Gasteiger partial charge in [0.1, 0.15) is 5.82 Å². The first-order valence-corrected chi connectivity index (χ1v) is 7.72. The Morgan fingerprint density at radius 1 is 1.32 bits per heavy atom. The molecular formula is C16H23ClFN. The largest absolute Gasteiger partial charge is 0.311 e. The molecule has 1 saturated heterocycles. The lowest BCUT2D eigenvalue weighted by Crippen LogP contribution is -2.46. The van der Waals surface area contributed by atoms with Crippen LogP contribution in [0.4, 0.5) is 4.39 Å². The van der Waals surface area contributed by atoms with E-state index in [9.17, 15) is 4.39 Å². The van der Waals surface area contributed by atoms with Crippen LogP contribution in [-0.2, 0) is 6.42 Å². The normalized spacial score (nSPS) is 24.2. The fourth-order valence-corrected chi connectivity index (χ4v) is 3.41. The predicted octanol–water partition coefficient (Wildman–Crippen LogP) is 4.72. The zero-order chi connectivity index (χ0) is 13.7. The summed E-state index contributed by atoms with van der Waals surface area (Å²) in [5, 5.41) is 4.23. The molecule has 0 aliphatic carbocycles. The number of nitrogens with one attached hydrogen (secondary N) is 1. The van der Waals surface area contributed by atoms with Crippen LogP contribution in [-0.4, -0.2) is 12.1 Å². The number of halogens is 2. The van der Waals surface area contributed by atoms with E-state index in [0.717, 1.165) is 25.8 Å². The molecule has 0 saturated carbocycles. The van der Waals surface area contributed by atoms with Gasteiger partial charge in [0, 0.05) is 16.1 Å². The Balaban J connectivity index is 2.24. The Labute approximate surface area is 120 Å². The van der Waals surface area contributed by atoms with Crippen molar-refractivity contribution < 1.29 is 4.39 Å². The molecule has 1 atom stereocenters. The van der Waals surface area contributed by atoms with Crippen LogP contribution in [0.5, 0.6) is 0 Å². The summed E-state index contributed by atoms with van der Waals surface area (Å²) in [7, 11) is 0. The summed E-state index contributed by atoms with van der Waals surface area (Å²) in [4.78, 5) is 0. The number of hydrogen-bond donors (Lipinski definition) is 1. The van der Waals surface area contributed by atoms with E-state index in [1.165, 1.54) is 25.3 Å². The summed E-state index contributed by atoms with van der Waals surface area (Å²) in [6.07, 6.45) is 7.72. The molecule has 1 unspecified atom stereocenters. The molecular weight excluding hydrogens is 261 g/mol. The molecule has 3 heteroatoms. The van der Waals surface area contributed by atoms with E-state index in [4.69, 9.17) is 11.6 Å². The van der Waals surface area contributed by atoms with Crippen LogP contribution in [0.15, 0.2) is 18.2 Å². The van der Waals surface area contributed by atoms with Gasteiger partial charge in [-0.15, -0.1) is 0 Å². The summed E-state index contributed by atoms with van der Waals surface area (Å²) >= 11 is 6.18. The first kappa shape index (κ1) is 14.8. The third-order valence-corrected chi connectivity index (χ3v) is 4.49. The van der Waals surface area contributed by atoms with Crippen molar-refractivity contribution in [2.24, 2.45) is 0 Å². The van der Waals surface area contributed by atoms with Crippen LogP contribution in [0.2, 0.25) is 5.02 Å². The molecule has 1 heterocycles. The maximum Gasteiger partial charge on any atom is 0.127 e. The van der Waals surface area contributed by atoms with Gasteiger partial charge < -0.3 is 5.32 Å². The third-order valence-electron chi connectivity index (χ3n) is 4.14. The highest BCUT2D eigenvalue weighted by Crippen LogP contribution is 2.31. The quantitative estimate of drug-likeness (QED) is 0.843. The zero-order valence-electron chi connectivity index (χ0n) is 11.6. The lowest BCUT2D eigenvalue weighted by atomic mass is 9.82. The molecule has 1 aliphatic rings. The molecule has 0 spiro atoms. The van der Waals surface area contributed by atoms with Crippen LogP contribution in [0.1, 0.15) is 51.0 Å². The summed E-state index contributed by atoms with van der Waals surface area (Å²) in [5.74, 6) is -0.172. The van der Waals surface area contributed by atoms with Crippen LogP contribution in [0, 0.1) is 5.82 Å². The van der Waals surface area contributed by atoms with E-state index in [0.29, 0.717) is 17.0 Å². The second-order valence-electron chi connectivity index (χ2n) is 5.64. The average molecular weight is 284 g/mol. The topological polar surface area (TPSA) is 12.0 Å². The minimum absolute atomic E-state index is 0.0249. The first-order valence-electron chi connectivity index (χ1n) is 7.35. The Morgan fingerprint density at radius 3 is 2.89 bits per heavy atom. The van der Waals surface area contributed by atoms with Crippen molar-refractivity contribution in [3.63, 3.8) is 0 Å². The SMILES string of the molecule is CCCC1(Cc2c(F)cccc2Cl)CCCCCN1. The Bertz CT molecular complexity index is 391. The van der Waals surface area contributed by atoms with Crippen molar-refractivity contribution in [2.75, 3.05) is 6.54 Å². The van der Waals surface area contributed by atoms with Crippen molar-refractivity contribution in [2.45, 2.75) is 57.4 Å². The van der Waals surface area contributed by atoms with E-state index in [-0.39, 0.29) is 11.4 Å². The highest BCUT2D eigenvalue weighted by molar-refractivity contribution is 6.31. The molecule has 1 nitrogen and oxygen atoms in total. The highest BCUT2D eigenvalue weighted by Gasteiger charge is 2.31. The van der Waals surface area contributed by atoms with Gasteiger partial charge in [0.05, 0.1) is 0 Å². The summed E-state index contributed by atoms with van der Waals surface area (Å²) < 4.78 is 14.0. The molecule has 19 heavy (non-hydrogen) atoms. The molecule has 1 aliphatic heterocycles. The molecule has 1 aromatic carbocycles. The molecule has 106 valence electrons. The molecule has 0 radical (unpaired) electrons. The summed E-state index contributed by atoms with van der Waals surface area (Å²) in [5.41, 5.74) is 0.698. The van der Waals surface area contributed by atoms with Gasteiger partial charge in [-0.1, -0.05) is 43.9 Å². The lowest BCUT2D eigenvalue weighted by molar-refractivity contribution is 0.285. The molecule has 0 amide bonds. The van der Waals surface area contributed by atoms with E-state index in [1.54, 1.807) is 12.1 Å². The highest BCUT2D eigenvalue weighted by atomic mass is 35.5. The van der Waals surface area contributed by atoms with Gasteiger partial charge in [0.2, 0.25) is 0 Å². The van der Waals surface area contributed by atoms with E-state index in [2.05, 4.69) is 12.2 Å². The number of benzene rings is 1. The number of rotatable bonds is 4. The Kier molecular flexibility index (Phi) is 5.23. The first-order chi connectivity index (χ1) is 9.17. The lowest BCUT2D eigenvalue weighted by Gasteiger charge is -2.34. The van der Waals surface area contributed by atoms with Gasteiger partial charge in [0.15, 0.2) is 0 Å². The monoisotopic (exact) mass is 283 g/mol. The average Bonchev–Trinajstić information content (AvgIpc) is 2.61. The minimum atomic E-state index is -0.172. The van der Waals surface area contributed by atoms with E-state index < -0.39 is 0 Å². The zero-order valence-corrected chi connectivity index (χ0v) is 12.4. The maximum absolute atomic E-state index is 14.0. The van der Waals surface area contributed by atoms with Crippen molar-refractivity contribution in [1.82, 2.24) is 5.32 Å². The molecule has 0 aromatic heterocycles. The van der Waals surface area contributed by atoms with Crippen molar-refractivity contribution >= 4 is 11.6 Å². The summed E-state index contributed by atoms with van der Waals surface area (Å²) in [6.45, 7) is 3.23. The minimum Gasteiger partial charge on any atom is -0.311 e. The Morgan fingerprint density at radius 2 is 2.16 bits per heavy atom. The predicted molar refractivity (Wildman–Crippen MR) is 79.2 cm³/mol. The molecule has 1 fully saturated rings. The molecule has 0 bridgehead atoms. The van der Waals surface area contributed by atoms with Gasteiger partial charge >= 0.3 is 0 Å². The van der Waals surface area contributed by atoms with Crippen LogP contribution in [0.25, 0.3) is 0 Å². The Hall–Kier alpha value is -0.600. The van der Waals surface area contributed by atoms with Crippen molar-refractivity contribution in [1.29, 1.82) is 0 Å². The van der Waals surface area contributed by atoms with Gasteiger partial charge in [-0.25, -0.2) is 4.39 Å². The van der Waals surface area contributed by atoms with Crippen LogP contribution < -0.4 is 5.32 Å². The maximum atomic E-state index is 14.0. The van der Waals surface area contributed by atoms with Gasteiger partial charge in [-0.2, -0.15) is 0 Å². The molecule has 2 rings (SSSR count). The van der Waals surface area contributed by atoms with E-state index in [1.807, 2.05) is 0 Å². The standard InChI is InChI=1S/C16H23ClFN/c1-2-9-16(10-4-3-5-11-19-16)12-13-14(17)7-6-8-15(13)18/h6-8,19H,2-5,9-12H2,1H3. The van der Waals surface area contributed by atoms with Crippen molar-refractivity contribution in [3.8, 4) is 0 Å². The van der Waals surface area contributed by atoms with Gasteiger partial charge in [-0.3, -0.25) is 0 Å². The second kappa shape index (κ2) is 6.71. The van der Waals surface area contributed by atoms with Crippen LogP contribution in [0.3, 0.4) is 0 Å². The van der Waals surface area contributed by atoms with Crippen LogP contribution >= 0.6 is 11.6 Å². The molecule has 1 aromatic rings.